The van der Waals surface area contributed by atoms with Crippen LogP contribution in [-0.2, 0) is 71.2 Å². The van der Waals surface area contributed by atoms with Gasteiger partial charge in [-0.3, -0.25) is 4.18 Å². The van der Waals surface area contributed by atoms with Gasteiger partial charge < -0.3 is 14.0 Å². The summed E-state index contributed by atoms with van der Waals surface area (Å²) >= 11 is -2.27. The molecule has 3 rings (SSSR count). The van der Waals surface area contributed by atoms with Gasteiger partial charge in [-0.1, -0.05) is 0 Å². The summed E-state index contributed by atoms with van der Waals surface area (Å²) in [5.41, 5.74) is 0. The molecule has 0 aromatic heterocycles. The fraction of sp³-hybridized carbons (Fsp3) is 1.00. The fourth-order valence-corrected chi connectivity index (χ4v) is 4.31. The van der Waals surface area contributed by atoms with Crippen LogP contribution in [0.5, 0.6) is 0 Å². The van der Waals surface area contributed by atoms with Crippen LogP contribution in [0.25, 0.3) is 0 Å². The Morgan fingerprint density at radius 2 is 1.39 bits per heavy atom. The summed E-state index contributed by atoms with van der Waals surface area (Å²) in [7, 11) is -9.75. The third-order valence-electron chi connectivity index (χ3n) is 3.20. The molecule has 5 unspecified atom stereocenters. The SMILES string of the molecule is O=S1OC(F)C(COB(OCC2COS(=O)(=O)O2)OCC2COS(=O)(=O)O2)O1. The Kier molecular flexibility index (Phi) is 7.37. The van der Waals surface area contributed by atoms with E-state index in [0.717, 1.165) is 0 Å². The van der Waals surface area contributed by atoms with Crippen molar-refractivity contribution in [2.75, 3.05) is 33.0 Å². The van der Waals surface area contributed by atoms with Gasteiger partial charge in [-0.25, -0.2) is 25.3 Å². The molecule has 0 aromatic rings. The molecular weight excluding hydrogens is 458 g/mol. The van der Waals surface area contributed by atoms with Crippen molar-refractivity contribution >= 4 is 39.5 Å². The van der Waals surface area contributed by atoms with Crippen molar-refractivity contribution in [2.24, 2.45) is 0 Å². The minimum Gasteiger partial charge on any atom is -0.383 e. The Bertz CT molecular complexity index is 727. The average molecular weight is 472 g/mol. The number of halogens is 1. The molecule has 19 heteroatoms. The molecule has 0 spiro atoms. The molecule has 3 saturated heterocycles. The molecule has 0 amide bonds. The summed E-state index contributed by atoms with van der Waals surface area (Å²) in [6.07, 6.45) is -5.33. The molecule has 0 bridgehead atoms. The summed E-state index contributed by atoms with van der Waals surface area (Å²) in [6, 6.07) is 0. The van der Waals surface area contributed by atoms with Crippen molar-refractivity contribution < 1.29 is 64.5 Å². The highest BCUT2D eigenvalue weighted by atomic mass is 32.3. The van der Waals surface area contributed by atoms with Gasteiger partial charge in [-0.15, -0.1) is 0 Å². The molecule has 3 fully saturated rings. The van der Waals surface area contributed by atoms with Crippen molar-refractivity contribution in [3.63, 3.8) is 0 Å². The lowest BCUT2D eigenvalue weighted by Crippen LogP contribution is -2.37. The quantitative estimate of drug-likeness (QED) is 0.326. The van der Waals surface area contributed by atoms with E-state index >= 15 is 0 Å². The van der Waals surface area contributed by atoms with Crippen LogP contribution in [-0.4, -0.2) is 86.1 Å². The molecule has 14 nitrogen and oxygen atoms in total. The van der Waals surface area contributed by atoms with Crippen LogP contribution < -0.4 is 0 Å². The lowest BCUT2D eigenvalue weighted by atomic mass is 10.2. The zero-order valence-electron chi connectivity index (χ0n) is 13.7. The fourth-order valence-electron chi connectivity index (χ4n) is 2.01. The monoisotopic (exact) mass is 472 g/mol. The standard InChI is InChI=1S/C9H14BFO14S3/c11-9-8(22-26(12)23-9)5-19-10(17-1-6-3-20-27(13,14)24-6)18-2-7-4-21-28(15,16)25-7/h6-9H,1-5H2. The van der Waals surface area contributed by atoms with Gasteiger partial charge in [0.2, 0.25) is 6.36 Å². The number of hydrogen-bond donors (Lipinski definition) is 0. The summed E-state index contributed by atoms with van der Waals surface area (Å²) in [5, 5.41) is 0. The van der Waals surface area contributed by atoms with Crippen LogP contribution in [0.2, 0.25) is 0 Å². The average Bonchev–Trinajstić information content (AvgIpc) is 3.23. The highest BCUT2D eigenvalue weighted by molar-refractivity contribution is 7.82. The van der Waals surface area contributed by atoms with Gasteiger partial charge in [0, 0.05) is 0 Å². The zero-order chi connectivity index (χ0) is 20.4. The summed E-state index contributed by atoms with van der Waals surface area (Å²) in [5.74, 6) is 0. The van der Waals surface area contributed by atoms with Gasteiger partial charge in [0.15, 0.2) is 6.10 Å². The van der Waals surface area contributed by atoms with Crippen LogP contribution >= 0.6 is 0 Å². The first kappa shape index (κ1) is 22.4. The van der Waals surface area contributed by atoms with Crippen LogP contribution in [0.4, 0.5) is 4.39 Å². The first-order valence-corrected chi connectivity index (χ1v) is 11.2. The third kappa shape index (κ3) is 6.60. The Balaban J connectivity index is 1.50. The van der Waals surface area contributed by atoms with E-state index in [0.29, 0.717) is 0 Å². The van der Waals surface area contributed by atoms with E-state index in [2.05, 4.69) is 25.1 Å². The molecule has 162 valence electrons. The molecule has 5 atom stereocenters. The highest BCUT2D eigenvalue weighted by Crippen LogP contribution is 2.20. The van der Waals surface area contributed by atoms with E-state index in [9.17, 15) is 25.4 Å². The van der Waals surface area contributed by atoms with E-state index in [-0.39, 0.29) is 26.4 Å². The first-order valence-electron chi connectivity index (χ1n) is 7.52. The van der Waals surface area contributed by atoms with Crippen molar-refractivity contribution in [1.29, 1.82) is 0 Å². The predicted octanol–water partition coefficient (Wildman–Crippen LogP) is -2.37. The third-order valence-corrected chi connectivity index (χ3v) is 5.81. The maximum atomic E-state index is 13.4. The van der Waals surface area contributed by atoms with Crippen molar-refractivity contribution in [3.8, 4) is 0 Å². The van der Waals surface area contributed by atoms with E-state index in [1.807, 2.05) is 0 Å². The molecule has 0 saturated carbocycles. The minimum atomic E-state index is -4.11. The predicted molar refractivity (Wildman–Crippen MR) is 82.1 cm³/mol. The molecule has 0 radical (unpaired) electrons. The second kappa shape index (κ2) is 9.22. The lowest BCUT2D eigenvalue weighted by Gasteiger charge is -2.18. The summed E-state index contributed by atoms with van der Waals surface area (Å²) in [4.78, 5) is 0. The van der Waals surface area contributed by atoms with Crippen LogP contribution in [0.15, 0.2) is 0 Å². The van der Waals surface area contributed by atoms with E-state index in [4.69, 9.17) is 14.0 Å². The van der Waals surface area contributed by atoms with Gasteiger partial charge in [0.1, 0.15) is 12.2 Å². The molecule has 0 aliphatic carbocycles. The summed E-state index contributed by atoms with van der Waals surface area (Å²) in [6.45, 7) is -1.86. The molecule has 28 heavy (non-hydrogen) atoms. The second-order valence-corrected chi connectivity index (χ2v) is 8.68. The molecule has 3 aliphatic heterocycles. The topological polar surface area (TPSA) is 168 Å². The van der Waals surface area contributed by atoms with Crippen LogP contribution in [0.1, 0.15) is 0 Å². The van der Waals surface area contributed by atoms with Crippen LogP contribution in [0, 0.1) is 0 Å². The number of rotatable bonds is 9. The largest absolute Gasteiger partial charge is 0.639 e. The van der Waals surface area contributed by atoms with Gasteiger partial charge in [0.05, 0.1) is 33.0 Å². The minimum absolute atomic E-state index is 0.308. The van der Waals surface area contributed by atoms with E-state index in [1.54, 1.807) is 0 Å². The molecule has 3 aliphatic rings. The van der Waals surface area contributed by atoms with Gasteiger partial charge in [0.25, 0.3) is 0 Å². The van der Waals surface area contributed by atoms with E-state index < -0.39 is 70.8 Å². The molecular formula is C9H14BFO14S3. The van der Waals surface area contributed by atoms with Gasteiger partial charge in [-0.05, 0) is 0 Å². The van der Waals surface area contributed by atoms with E-state index in [1.165, 1.54) is 0 Å². The molecule has 0 N–H and O–H groups in total. The maximum absolute atomic E-state index is 13.4. The van der Waals surface area contributed by atoms with Crippen molar-refractivity contribution in [3.05, 3.63) is 0 Å². The first-order chi connectivity index (χ1) is 13.1. The lowest BCUT2D eigenvalue weighted by molar-refractivity contribution is -0.0127. The smallest absolute Gasteiger partial charge is 0.383 e. The Morgan fingerprint density at radius 3 is 1.79 bits per heavy atom. The van der Waals surface area contributed by atoms with Crippen LogP contribution in [0.3, 0.4) is 0 Å². The second-order valence-electron chi connectivity index (χ2n) is 5.40. The molecule has 0 aromatic carbocycles. The van der Waals surface area contributed by atoms with Crippen molar-refractivity contribution in [2.45, 2.75) is 24.7 Å². The molecule has 3 heterocycles. The Morgan fingerprint density at radius 1 is 0.893 bits per heavy atom. The maximum Gasteiger partial charge on any atom is 0.639 e. The Hall–Kier alpha value is -0.315. The van der Waals surface area contributed by atoms with Gasteiger partial charge >= 0.3 is 39.5 Å². The summed E-state index contributed by atoms with van der Waals surface area (Å²) < 4.78 is 111. The van der Waals surface area contributed by atoms with Crippen molar-refractivity contribution in [1.82, 2.24) is 0 Å². The zero-order valence-corrected chi connectivity index (χ0v) is 16.2. The highest BCUT2D eigenvalue weighted by Gasteiger charge is 2.39. The Labute approximate surface area is 162 Å². The number of hydrogen-bond acceptors (Lipinski definition) is 14. The van der Waals surface area contributed by atoms with Gasteiger partial charge in [-0.2, -0.15) is 21.0 Å². The number of alkyl halides is 1. The normalized spacial score (nSPS) is 36.7.